The second kappa shape index (κ2) is 7.86. The molecule has 0 radical (unpaired) electrons. The van der Waals surface area contributed by atoms with Crippen molar-refractivity contribution in [1.29, 1.82) is 0 Å². The summed E-state index contributed by atoms with van der Waals surface area (Å²) < 4.78 is 0.767. The number of rotatable bonds is 0. The van der Waals surface area contributed by atoms with Crippen LogP contribution in [0, 0.1) is 5.21 Å². The van der Waals surface area contributed by atoms with Gasteiger partial charge in [0.2, 0.25) is 5.52 Å². The molecule has 122 valence electrons. The maximum atomic E-state index is 11.2. The average Bonchev–Trinajstić information content (AvgIpc) is 2.57. The molecule has 4 aromatic heterocycles. The summed E-state index contributed by atoms with van der Waals surface area (Å²) in [7, 11) is 0. The Morgan fingerprint density at radius 3 is 2.17 bits per heavy atom. The summed E-state index contributed by atoms with van der Waals surface area (Å²) in [5, 5.41) is 13.6. The molecular formula is C17H14Cl2N4O. The maximum Gasteiger partial charge on any atom is 0.228 e. The van der Waals surface area contributed by atoms with E-state index in [1.807, 2.05) is 18.2 Å². The molecular weight excluding hydrogens is 347 g/mol. The Labute approximate surface area is 149 Å². The highest BCUT2D eigenvalue weighted by Gasteiger charge is 2.05. The Kier molecular flexibility index (Phi) is 5.84. The molecule has 0 aliphatic rings. The van der Waals surface area contributed by atoms with Crippen molar-refractivity contribution in [3.63, 3.8) is 0 Å². The van der Waals surface area contributed by atoms with E-state index in [1.165, 1.54) is 12.4 Å². The second-order valence-electron chi connectivity index (χ2n) is 4.54. The molecule has 24 heavy (non-hydrogen) atoms. The number of hydrogen-bond donors (Lipinski definition) is 0. The first-order chi connectivity index (χ1) is 11.2. The van der Waals surface area contributed by atoms with Crippen LogP contribution in [0.1, 0.15) is 7.43 Å². The standard InChI is InChI=1S/C8H5ClN2O.C8H5ClN2.CH4/c9-8-6-2-1-5-11(12)7(6)3-4-10-8;9-8-6-2-1-4-10-7(6)3-5-11-8;/h1-5H;1-5H;1H4. The number of nitrogens with zero attached hydrogens (tertiary/aromatic N) is 4. The Morgan fingerprint density at radius 2 is 1.46 bits per heavy atom. The summed E-state index contributed by atoms with van der Waals surface area (Å²) in [5.41, 5.74) is 1.42. The van der Waals surface area contributed by atoms with Crippen molar-refractivity contribution in [2.24, 2.45) is 0 Å². The zero-order valence-corrected chi connectivity index (χ0v) is 13.2. The minimum absolute atomic E-state index is 0. The van der Waals surface area contributed by atoms with Crippen molar-refractivity contribution >= 4 is 45.0 Å². The predicted octanol–water partition coefficient (Wildman–Crippen LogP) is 4.44. The van der Waals surface area contributed by atoms with Crippen LogP contribution in [0.25, 0.3) is 21.8 Å². The van der Waals surface area contributed by atoms with Crippen LogP contribution in [0.15, 0.2) is 61.2 Å². The van der Waals surface area contributed by atoms with E-state index in [0.29, 0.717) is 21.2 Å². The highest BCUT2D eigenvalue weighted by Crippen LogP contribution is 2.18. The quantitative estimate of drug-likeness (QED) is 0.264. The zero-order valence-electron chi connectivity index (χ0n) is 11.7. The molecule has 0 amide bonds. The maximum absolute atomic E-state index is 11.2. The number of aromatic nitrogens is 4. The van der Waals surface area contributed by atoms with Gasteiger partial charge in [-0.3, -0.25) is 4.98 Å². The van der Waals surface area contributed by atoms with Gasteiger partial charge in [0.05, 0.1) is 10.9 Å². The van der Waals surface area contributed by atoms with Gasteiger partial charge in [-0.05, 0) is 24.3 Å². The van der Waals surface area contributed by atoms with Crippen LogP contribution in [0.3, 0.4) is 0 Å². The van der Waals surface area contributed by atoms with E-state index < -0.39 is 0 Å². The summed E-state index contributed by atoms with van der Waals surface area (Å²) in [6.45, 7) is 0. The molecule has 0 saturated carbocycles. The number of hydrogen-bond acceptors (Lipinski definition) is 4. The minimum Gasteiger partial charge on any atom is -0.618 e. The number of halogens is 2. The first-order valence-electron chi connectivity index (χ1n) is 6.64. The fraction of sp³-hybridized carbons (Fsp3) is 0.0588. The van der Waals surface area contributed by atoms with Crippen LogP contribution in [-0.2, 0) is 0 Å². The van der Waals surface area contributed by atoms with Crippen LogP contribution in [0.2, 0.25) is 10.3 Å². The molecule has 7 heteroatoms. The molecule has 0 aliphatic heterocycles. The van der Waals surface area contributed by atoms with E-state index in [1.54, 1.807) is 30.6 Å². The lowest BCUT2D eigenvalue weighted by atomic mass is 10.3. The Morgan fingerprint density at radius 1 is 0.792 bits per heavy atom. The fourth-order valence-corrected chi connectivity index (χ4v) is 2.48. The van der Waals surface area contributed by atoms with Crippen molar-refractivity contribution in [2.45, 2.75) is 7.43 Å². The molecule has 0 atom stereocenters. The largest absolute Gasteiger partial charge is 0.618 e. The normalized spacial score (nSPS) is 9.92. The van der Waals surface area contributed by atoms with Gasteiger partial charge in [0.25, 0.3) is 0 Å². The molecule has 0 aromatic carbocycles. The van der Waals surface area contributed by atoms with Crippen molar-refractivity contribution < 1.29 is 4.73 Å². The van der Waals surface area contributed by atoms with Crippen molar-refractivity contribution in [2.75, 3.05) is 0 Å². The average molecular weight is 361 g/mol. The highest BCUT2D eigenvalue weighted by atomic mass is 35.5. The third-order valence-corrected chi connectivity index (χ3v) is 3.72. The molecule has 0 N–H and O–H groups in total. The minimum atomic E-state index is 0. The van der Waals surface area contributed by atoms with Crippen LogP contribution < -0.4 is 4.73 Å². The van der Waals surface area contributed by atoms with Crippen LogP contribution in [0.4, 0.5) is 0 Å². The molecule has 0 unspecified atom stereocenters. The van der Waals surface area contributed by atoms with Gasteiger partial charge in [-0.25, -0.2) is 9.97 Å². The van der Waals surface area contributed by atoms with E-state index >= 15 is 0 Å². The summed E-state index contributed by atoms with van der Waals surface area (Å²) in [4.78, 5) is 11.9. The van der Waals surface area contributed by atoms with E-state index in [9.17, 15) is 5.21 Å². The fourth-order valence-electron chi connectivity index (χ4n) is 2.05. The Bertz CT molecular complexity index is 932. The number of pyridine rings is 4. The molecule has 0 aliphatic carbocycles. The summed E-state index contributed by atoms with van der Waals surface area (Å²) in [6, 6.07) is 10.6. The van der Waals surface area contributed by atoms with Crippen molar-refractivity contribution in [3.05, 3.63) is 76.7 Å². The number of fused-ring (bicyclic) bond motifs is 2. The summed E-state index contributed by atoms with van der Waals surface area (Å²) in [6.07, 6.45) is 6.33. The molecule has 0 fully saturated rings. The van der Waals surface area contributed by atoms with Crippen molar-refractivity contribution in [3.8, 4) is 0 Å². The predicted molar refractivity (Wildman–Crippen MR) is 97.0 cm³/mol. The molecule has 4 rings (SSSR count). The van der Waals surface area contributed by atoms with Crippen LogP contribution >= 0.6 is 23.2 Å². The Balaban J connectivity index is 0.000000167. The smallest absolute Gasteiger partial charge is 0.228 e. The SMILES string of the molecule is C.Clc1nccc2ncccc12.[O-][n+]1cccc2c(Cl)nccc21. The molecule has 4 aromatic rings. The van der Waals surface area contributed by atoms with E-state index in [-0.39, 0.29) is 7.43 Å². The lowest BCUT2D eigenvalue weighted by Crippen LogP contribution is -2.25. The van der Waals surface area contributed by atoms with E-state index in [4.69, 9.17) is 23.2 Å². The van der Waals surface area contributed by atoms with E-state index in [0.717, 1.165) is 15.6 Å². The van der Waals surface area contributed by atoms with Crippen LogP contribution in [0.5, 0.6) is 0 Å². The monoisotopic (exact) mass is 360 g/mol. The van der Waals surface area contributed by atoms with Gasteiger partial charge < -0.3 is 5.21 Å². The highest BCUT2D eigenvalue weighted by molar-refractivity contribution is 6.34. The third kappa shape index (κ3) is 3.69. The van der Waals surface area contributed by atoms with Gasteiger partial charge in [-0.2, -0.15) is 4.73 Å². The lowest BCUT2D eigenvalue weighted by molar-refractivity contribution is -0.577. The Hall–Kier alpha value is -2.50. The van der Waals surface area contributed by atoms with Gasteiger partial charge in [-0.15, -0.1) is 0 Å². The molecule has 5 nitrogen and oxygen atoms in total. The van der Waals surface area contributed by atoms with Gasteiger partial charge in [0.1, 0.15) is 10.3 Å². The van der Waals surface area contributed by atoms with Gasteiger partial charge in [0, 0.05) is 36.1 Å². The van der Waals surface area contributed by atoms with Gasteiger partial charge in [0.15, 0.2) is 6.20 Å². The molecule has 0 spiro atoms. The topological polar surface area (TPSA) is 65.6 Å². The van der Waals surface area contributed by atoms with Gasteiger partial charge in [-0.1, -0.05) is 30.6 Å². The summed E-state index contributed by atoms with van der Waals surface area (Å²) in [5.74, 6) is 0. The summed E-state index contributed by atoms with van der Waals surface area (Å²) >= 11 is 11.6. The van der Waals surface area contributed by atoms with Crippen LogP contribution in [-0.4, -0.2) is 15.0 Å². The molecule has 4 heterocycles. The molecule has 0 bridgehead atoms. The molecule has 0 saturated heterocycles. The second-order valence-corrected chi connectivity index (χ2v) is 5.26. The van der Waals surface area contributed by atoms with Crippen molar-refractivity contribution in [1.82, 2.24) is 15.0 Å². The lowest BCUT2D eigenvalue weighted by Gasteiger charge is -2.00. The van der Waals surface area contributed by atoms with E-state index in [2.05, 4.69) is 15.0 Å². The third-order valence-electron chi connectivity index (χ3n) is 3.12. The first-order valence-corrected chi connectivity index (χ1v) is 7.40. The zero-order chi connectivity index (χ0) is 16.2. The first kappa shape index (κ1) is 17.8. The van der Waals surface area contributed by atoms with Gasteiger partial charge >= 0.3 is 0 Å².